The first-order valence-corrected chi connectivity index (χ1v) is 12.3. The maximum absolute atomic E-state index is 13.2. The number of para-hydroxylation sites is 1. The zero-order valence-corrected chi connectivity index (χ0v) is 19.8. The van der Waals surface area contributed by atoms with E-state index < -0.39 is 0 Å². The SMILES string of the molecule is O=C1C(=Cc2cn(-c3ccccc3)nc2-c2cccs2)SC(=S)N1Cc1ccccc1Cl. The van der Waals surface area contributed by atoms with Crippen molar-refractivity contribution in [3.05, 3.63) is 99.4 Å². The van der Waals surface area contributed by atoms with Crippen LogP contribution in [0.15, 0.2) is 83.2 Å². The molecule has 32 heavy (non-hydrogen) atoms. The lowest BCUT2D eigenvalue weighted by Gasteiger charge is -2.15. The topological polar surface area (TPSA) is 38.1 Å². The van der Waals surface area contributed by atoms with E-state index in [1.165, 1.54) is 11.8 Å². The predicted octanol–water partition coefficient (Wildman–Crippen LogP) is 6.66. The summed E-state index contributed by atoms with van der Waals surface area (Å²) in [5.41, 5.74) is 3.52. The largest absolute Gasteiger partial charge is 0.288 e. The molecule has 158 valence electrons. The Hall–Kier alpha value is -2.71. The molecule has 5 rings (SSSR count). The third-order valence-electron chi connectivity index (χ3n) is 4.96. The van der Waals surface area contributed by atoms with Crippen LogP contribution in [-0.4, -0.2) is 24.9 Å². The van der Waals surface area contributed by atoms with Crippen LogP contribution in [0.1, 0.15) is 11.1 Å². The Bertz CT molecular complexity index is 1330. The molecule has 0 bridgehead atoms. The average Bonchev–Trinajstić information content (AvgIpc) is 3.53. The van der Waals surface area contributed by atoms with Crippen LogP contribution in [0.4, 0.5) is 0 Å². The Balaban J connectivity index is 1.50. The quantitative estimate of drug-likeness (QED) is 0.230. The molecule has 0 saturated carbocycles. The molecule has 3 heterocycles. The smallest absolute Gasteiger partial charge is 0.266 e. The third-order valence-corrected chi connectivity index (χ3v) is 7.59. The van der Waals surface area contributed by atoms with E-state index in [4.69, 9.17) is 28.9 Å². The van der Waals surface area contributed by atoms with Crippen LogP contribution in [0.2, 0.25) is 5.02 Å². The van der Waals surface area contributed by atoms with Gasteiger partial charge in [-0.3, -0.25) is 9.69 Å². The first kappa shape index (κ1) is 21.2. The van der Waals surface area contributed by atoms with Gasteiger partial charge in [0.1, 0.15) is 10.0 Å². The molecule has 2 aromatic heterocycles. The molecule has 0 spiro atoms. The predicted molar refractivity (Wildman–Crippen MR) is 137 cm³/mol. The van der Waals surface area contributed by atoms with Crippen molar-refractivity contribution in [3.63, 3.8) is 0 Å². The number of thioether (sulfide) groups is 1. The molecule has 1 aliphatic rings. The lowest BCUT2D eigenvalue weighted by Crippen LogP contribution is -2.27. The summed E-state index contributed by atoms with van der Waals surface area (Å²) in [5, 5.41) is 7.44. The monoisotopic (exact) mass is 493 g/mol. The molecule has 1 fully saturated rings. The highest BCUT2D eigenvalue weighted by molar-refractivity contribution is 8.26. The molecule has 0 N–H and O–H groups in total. The number of thiophene rings is 1. The van der Waals surface area contributed by atoms with Crippen molar-refractivity contribution in [1.29, 1.82) is 0 Å². The van der Waals surface area contributed by atoms with E-state index >= 15 is 0 Å². The van der Waals surface area contributed by atoms with E-state index in [1.54, 1.807) is 16.2 Å². The summed E-state index contributed by atoms with van der Waals surface area (Å²) >= 11 is 14.7. The fourth-order valence-electron chi connectivity index (χ4n) is 3.39. The summed E-state index contributed by atoms with van der Waals surface area (Å²) < 4.78 is 2.36. The lowest BCUT2D eigenvalue weighted by atomic mass is 10.2. The van der Waals surface area contributed by atoms with Crippen LogP contribution in [0.5, 0.6) is 0 Å². The number of rotatable bonds is 5. The van der Waals surface area contributed by atoms with Gasteiger partial charge in [-0.25, -0.2) is 4.68 Å². The molecule has 0 aliphatic carbocycles. The molecule has 1 aliphatic heterocycles. The van der Waals surface area contributed by atoms with Gasteiger partial charge in [-0.2, -0.15) is 5.10 Å². The minimum atomic E-state index is -0.121. The second-order valence-corrected chi connectivity index (χ2v) is 10.1. The molecule has 4 aromatic rings. The number of benzene rings is 2. The van der Waals surface area contributed by atoms with Crippen molar-refractivity contribution >= 4 is 63.2 Å². The lowest BCUT2D eigenvalue weighted by molar-refractivity contribution is -0.122. The number of amides is 1. The van der Waals surface area contributed by atoms with Gasteiger partial charge in [0.25, 0.3) is 5.91 Å². The molecule has 2 aromatic carbocycles. The Kier molecular flexibility index (Phi) is 5.97. The molecular formula is C24H16ClN3OS3. The zero-order valence-electron chi connectivity index (χ0n) is 16.6. The van der Waals surface area contributed by atoms with Crippen molar-refractivity contribution in [2.45, 2.75) is 6.54 Å². The standard InChI is InChI=1S/C24H16ClN3OS3/c25-19-10-5-4-7-16(19)14-27-23(29)21(32-24(27)30)13-17-15-28(18-8-2-1-3-9-18)26-22(17)20-11-6-12-31-20/h1-13,15H,14H2. The molecule has 0 radical (unpaired) electrons. The van der Waals surface area contributed by atoms with Crippen LogP contribution in [0.25, 0.3) is 22.3 Å². The summed E-state index contributed by atoms with van der Waals surface area (Å²) in [6.07, 6.45) is 3.83. The fourth-order valence-corrected chi connectivity index (χ4v) is 5.56. The zero-order chi connectivity index (χ0) is 22.1. The van der Waals surface area contributed by atoms with Gasteiger partial charge >= 0.3 is 0 Å². The van der Waals surface area contributed by atoms with Gasteiger partial charge in [-0.1, -0.05) is 78.0 Å². The number of nitrogens with zero attached hydrogens (tertiary/aromatic N) is 3. The number of hydrogen-bond acceptors (Lipinski definition) is 5. The Morgan fingerprint density at radius 3 is 2.56 bits per heavy atom. The van der Waals surface area contributed by atoms with E-state index in [0.29, 0.717) is 20.8 Å². The van der Waals surface area contributed by atoms with Crippen LogP contribution >= 0.6 is 46.9 Å². The van der Waals surface area contributed by atoms with Crippen LogP contribution in [-0.2, 0) is 11.3 Å². The van der Waals surface area contributed by atoms with Gasteiger partial charge in [0.2, 0.25) is 0 Å². The van der Waals surface area contributed by atoms with E-state index in [-0.39, 0.29) is 5.91 Å². The Morgan fingerprint density at radius 1 is 1.03 bits per heavy atom. The van der Waals surface area contributed by atoms with Gasteiger partial charge in [0.05, 0.1) is 22.0 Å². The van der Waals surface area contributed by atoms with E-state index in [9.17, 15) is 4.79 Å². The highest BCUT2D eigenvalue weighted by Crippen LogP contribution is 2.37. The molecular weight excluding hydrogens is 478 g/mol. The second kappa shape index (κ2) is 9.03. The first-order valence-electron chi connectivity index (χ1n) is 9.78. The van der Waals surface area contributed by atoms with Gasteiger partial charge in [-0.15, -0.1) is 11.3 Å². The number of aromatic nitrogens is 2. The summed E-state index contributed by atoms with van der Waals surface area (Å²) in [7, 11) is 0. The van der Waals surface area contributed by atoms with Gasteiger partial charge in [0.15, 0.2) is 0 Å². The van der Waals surface area contributed by atoms with Crippen molar-refractivity contribution in [2.24, 2.45) is 0 Å². The number of carbonyl (C=O) groups is 1. The van der Waals surface area contributed by atoms with Gasteiger partial charge < -0.3 is 0 Å². The molecule has 1 saturated heterocycles. The molecule has 0 unspecified atom stereocenters. The maximum Gasteiger partial charge on any atom is 0.266 e. The summed E-state index contributed by atoms with van der Waals surface area (Å²) in [6, 6.07) is 21.4. The van der Waals surface area contributed by atoms with Crippen LogP contribution in [0.3, 0.4) is 0 Å². The van der Waals surface area contributed by atoms with Crippen molar-refractivity contribution in [1.82, 2.24) is 14.7 Å². The molecule has 1 amide bonds. The molecule has 4 nitrogen and oxygen atoms in total. The van der Waals surface area contributed by atoms with Gasteiger partial charge in [0, 0.05) is 16.8 Å². The summed E-state index contributed by atoms with van der Waals surface area (Å²) in [6.45, 7) is 0.350. The van der Waals surface area contributed by atoms with Crippen molar-refractivity contribution in [2.75, 3.05) is 0 Å². The van der Waals surface area contributed by atoms with E-state index in [1.807, 2.05) is 89.1 Å². The minimum absolute atomic E-state index is 0.121. The normalized spacial score (nSPS) is 15.2. The molecule has 0 atom stereocenters. The van der Waals surface area contributed by atoms with E-state index in [2.05, 4.69) is 0 Å². The Labute approximate surface area is 204 Å². The number of hydrogen-bond donors (Lipinski definition) is 0. The van der Waals surface area contributed by atoms with Crippen LogP contribution in [0, 0.1) is 0 Å². The maximum atomic E-state index is 13.2. The van der Waals surface area contributed by atoms with E-state index in [0.717, 1.165) is 27.4 Å². The van der Waals surface area contributed by atoms with Gasteiger partial charge in [-0.05, 0) is 41.3 Å². The average molecular weight is 494 g/mol. The first-order chi connectivity index (χ1) is 15.6. The van der Waals surface area contributed by atoms with Crippen molar-refractivity contribution < 1.29 is 4.79 Å². The minimum Gasteiger partial charge on any atom is -0.288 e. The second-order valence-electron chi connectivity index (χ2n) is 7.05. The third kappa shape index (κ3) is 4.17. The summed E-state index contributed by atoms with van der Waals surface area (Å²) in [5.74, 6) is -0.121. The number of halogens is 1. The highest BCUT2D eigenvalue weighted by atomic mass is 35.5. The summed E-state index contributed by atoms with van der Waals surface area (Å²) in [4.78, 5) is 16.4. The van der Waals surface area contributed by atoms with Crippen LogP contribution < -0.4 is 0 Å². The fraction of sp³-hybridized carbons (Fsp3) is 0.0417. The highest BCUT2D eigenvalue weighted by Gasteiger charge is 2.32. The number of thiocarbonyl (C=S) groups is 1. The molecule has 8 heteroatoms. The number of carbonyl (C=O) groups excluding carboxylic acids is 1. The van der Waals surface area contributed by atoms with Crippen molar-refractivity contribution in [3.8, 4) is 16.3 Å². The Morgan fingerprint density at radius 2 is 1.81 bits per heavy atom.